The van der Waals surface area contributed by atoms with Gasteiger partial charge < -0.3 is 4.79 Å². The van der Waals surface area contributed by atoms with Gasteiger partial charge in [-0.2, -0.15) is 0 Å². The average Bonchev–Trinajstić information content (AvgIpc) is 2.89. The van der Waals surface area contributed by atoms with Crippen molar-refractivity contribution in [2.75, 3.05) is 0 Å². The van der Waals surface area contributed by atoms with E-state index in [1.165, 1.54) is 11.1 Å². The van der Waals surface area contributed by atoms with Crippen molar-refractivity contribution >= 4 is 6.29 Å². The molecule has 2 aliphatic rings. The first-order valence-corrected chi connectivity index (χ1v) is 5.36. The summed E-state index contributed by atoms with van der Waals surface area (Å²) < 4.78 is 0. The fourth-order valence-electron chi connectivity index (χ4n) is 2.79. The van der Waals surface area contributed by atoms with E-state index in [2.05, 4.69) is 23.9 Å². The molecule has 0 aliphatic heterocycles. The third-order valence-corrected chi connectivity index (χ3v) is 3.51. The van der Waals surface area contributed by atoms with Crippen molar-refractivity contribution in [3.05, 3.63) is 53.3 Å². The fraction of sp³-hybridized carbons (Fsp3) is 0.286. The van der Waals surface area contributed by atoms with Gasteiger partial charge in [-0.05, 0) is 29.6 Å². The monoisotopic (exact) mass is 196 g/mol. The summed E-state index contributed by atoms with van der Waals surface area (Å²) >= 11 is 0. The molecule has 1 aromatic carbocycles. The molecule has 0 saturated heterocycles. The minimum absolute atomic E-state index is 0.142. The normalized spacial score (nSPS) is 31.7. The molecular weight excluding hydrogens is 184 g/mol. The summed E-state index contributed by atoms with van der Waals surface area (Å²) in [7, 11) is 0. The molecule has 2 aliphatic carbocycles. The zero-order valence-electron chi connectivity index (χ0n) is 8.39. The third-order valence-electron chi connectivity index (χ3n) is 3.51. The largest absolute Gasteiger partial charge is 0.303 e. The molecule has 2 unspecified atom stereocenters. The Morgan fingerprint density at radius 3 is 2.80 bits per heavy atom. The molecular formula is C14H12O. The van der Waals surface area contributed by atoms with Gasteiger partial charge in [-0.3, -0.25) is 0 Å². The van der Waals surface area contributed by atoms with Crippen LogP contribution in [0, 0.1) is 11.8 Å². The lowest BCUT2D eigenvalue weighted by atomic mass is 9.83. The van der Waals surface area contributed by atoms with Crippen molar-refractivity contribution in [1.29, 1.82) is 0 Å². The molecule has 0 radical (unpaired) electrons. The van der Waals surface area contributed by atoms with Crippen LogP contribution in [0.25, 0.3) is 0 Å². The number of hydrogen-bond donors (Lipinski definition) is 0. The molecule has 15 heavy (non-hydrogen) atoms. The molecule has 0 spiro atoms. The molecule has 3 rings (SSSR count). The Bertz CT molecular complexity index is 451. The number of carbonyl (C=O) groups excluding carboxylic acids is 1. The Morgan fingerprint density at radius 1 is 1.27 bits per heavy atom. The van der Waals surface area contributed by atoms with Gasteiger partial charge in [0.15, 0.2) is 0 Å². The van der Waals surface area contributed by atoms with E-state index in [9.17, 15) is 4.79 Å². The lowest BCUT2D eigenvalue weighted by Gasteiger charge is -2.19. The minimum atomic E-state index is 0.142. The second-order valence-corrected chi connectivity index (χ2v) is 4.31. The molecule has 74 valence electrons. The Hall–Kier alpha value is -1.59. The van der Waals surface area contributed by atoms with Crippen LogP contribution >= 0.6 is 0 Å². The number of fused-ring (bicyclic) bond motifs is 2. The second-order valence-electron chi connectivity index (χ2n) is 4.31. The number of benzene rings is 1. The molecule has 0 aromatic heterocycles. The van der Waals surface area contributed by atoms with Gasteiger partial charge in [0.1, 0.15) is 6.29 Å². The Morgan fingerprint density at radius 2 is 2.07 bits per heavy atom. The molecule has 0 N–H and O–H groups in total. The molecule has 1 saturated carbocycles. The summed E-state index contributed by atoms with van der Waals surface area (Å²) in [6, 6.07) is 10.3. The van der Waals surface area contributed by atoms with Crippen LogP contribution in [0.4, 0.5) is 0 Å². The van der Waals surface area contributed by atoms with E-state index < -0.39 is 0 Å². The highest BCUT2D eigenvalue weighted by molar-refractivity contribution is 5.62. The van der Waals surface area contributed by atoms with E-state index in [0.29, 0.717) is 11.8 Å². The Kier molecular flexibility index (Phi) is 1.87. The van der Waals surface area contributed by atoms with E-state index in [0.717, 1.165) is 12.7 Å². The second kappa shape index (κ2) is 3.22. The summed E-state index contributed by atoms with van der Waals surface area (Å²) in [5.41, 5.74) is 5.87. The number of aldehydes is 1. The molecule has 1 aromatic rings. The zero-order chi connectivity index (χ0) is 10.3. The van der Waals surface area contributed by atoms with Crippen LogP contribution in [-0.2, 0) is 4.79 Å². The molecule has 1 heteroatoms. The van der Waals surface area contributed by atoms with Crippen molar-refractivity contribution in [2.24, 2.45) is 11.8 Å². The first kappa shape index (κ1) is 8.70. The van der Waals surface area contributed by atoms with Gasteiger partial charge in [0, 0.05) is 11.8 Å². The van der Waals surface area contributed by atoms with Gasteiger partial charge in [0.05, 0.1) is 0 Å². The van der Waals surface area contributed by atoms with Crippen LogP contribution in [-0.4, -0.2) is 6.29 Å². The number of hydrogen-bond acceptors (Lipinski definition) is 1. The van der Waals surface area contributed by atoms with E-state index in [4.69, 9.17) is 0 Å². The van der Waals surface area contributed by atoms with Crippen LogP contribution in [0.5, 0.6) is 0 Å². The zero-order valence-corrected chi connectivity index (χ0v) is 8.39. The summed E-state index contributed by atoms with van der Waals surface area (Å²) in [6.07, 6.45) is 4.21. The highest BCUT2D eigenvalue weighted by atomic mass is 16.1. The number of allylic oxidation sites excluding steroid dienone is 1. The fourth-order valence-corrected chi connectivity index (χ4v) is 2.79. The highest BCUT2D eigenvalue weighted by Gasteiger charge is 2.41. The number of carbonyl (C=O) groups is 1. The summed E-state index contributed by atoms with van der Waals surface area (Å²) in [5.74, 6) is 0.838. The van der Waals surface area contributed by atoms with Gasteiger partial charge in [0.25, 0.3) is 0 Å². The number of rotatable bonds is 2. The van der Waals surface area contributed by atoms with Crippen molar-refractivity contribution in [1.82, 2.24) is 0 Å². The Labute approximate surface area is 89.1 Å². The maximum absolute atomic E-state index is 11.1. The van der Waals surface area contributed by atoms with Gasteiger partial charge in [-0.15, -0.1) is 5.73 Å². The maximum atomic E-state index is 11.1. The highest BCUT2D eigenvalue weighted by Crippen LogP contribution is 2.49. The van der Waals surface area contributed by atoms with Gasteiger partial charge in [-0.1, -0.05) is 30.3 Å². The van der Waals surface area contributed by atoms with Crippen molar-refractivity contribution in [3.8, 4) is 0 Å². The minimum Gasteiger partial charge on any atom is -0.303 e. The SMILES string of the molecule is O=CC1C2C=C=C(C2)[C@@H]1c1ccccc1. The van der Waals surface area contributed by atoms with Crippen LogP contribution in [0.3, 0.4) is 0 Å². The lowest BCUT2D eigenvalue weighted by Crippen LogP contribution is -2.15. The molecule has 0 amide bonds. The predicted molar refractivity (Wildman–Crippen MR) is 58.4 cm³/mol. The van der Waals surface area contributed by atoms with E-state index in [1.807, 2.05) is 18.2 Å². The molecule has 1 fully saturated rings. The quantitative estimate of drug-likeness (QED) is 0.525. The molecule has 2 bridgehead atoms. The smallest absolute Gasteiger partial charge is 0.124 e. The lowest BCUT2D eigenvalue weighted by molar-refractivity contribution is -0.111. The maximum Gasteiger partial charge on any atom is 0.124 e. The van der Waals surface area contributed by atoms with Crippen LogP contribution in [0.15, 0.2) is 47.7 Å². The summed E-state index contributed by atoms with van der Waals surface area (Å²) in [6.45, 7) is 0. The van der Waals surface area contributed by atoms with E-state index in [-0.39, 0.29) is 5.92 Å². The van der Waals surface area contributed by atoms with Crippen LogP contribution in [0.1, 0.15) is 17.9 Å². The van der Waals surface area contributed by atoms with Crippen molar-refractivity contribution in [3.63, 3.8) is 0 Å². The van der Waals surface area contributed by atoms with Crippen molar-refractivity contribution < 1.29 is 4.79 Å². The van der Waals surface area contributed by atoms with Crippen LogP contribution < -0.4 is 0 Å². The standard InChI is InChI=1S/C14H12O/c15-9-13-11-6-7-12(8-11)14(13)10-4-2-1-3-5-10/h1-6,9,11,13-14H,8H2/t11?,13?,14-/m0/s1. The summed E-state index contributed by atoms with van der Waals surface area (Å²) in [4.78, 5) is 11.1. The molecule has 0 heterocycles. The first-order chi connectivity index (χ1) is 7.40. The van der Waals surface area contributed by atoms with Crippen LogP contribution in [0.2, 0.25) is 0 Å². The third kappa shape index (κ3) is 1.20. The average molecular weight is 196 g/mol. The summed E-state index contributed by atoms with van der Waals surface area (Å²) in [5, 5.41) is 0. The molecule has 1 nitrogen and oxygen atoms in total. The van der Waals surface area contributed by atoms with Gasteiger partial charge in [-0.25, -0.2) is 0 Å². The Balaban J connectivity index is 2.05. The van der Waals surface area contributed by atoms with Crippen molar-refractivity contribution in [2.45, 2.75) is 12.3 Å². The van der Waals surface area contributed by atoms with E-state index >= 15 is 0 Å². The topological polar surface area (TPSA) is 17.1 Å². The first-order valence-electron chi connectivity index (χ1n) is 5.36. The predicted octanol–water partition coefficient (Wildman–Crippen LogP) is 2.70. The molecule has 3 atom stereocenters. The van der Waals surface area contributed by atoms with Gasteiger partial charge in [0.2, 0.25) is 0 Å². The van der Waals surface area contributed by atoms with E-state index in [1.54, 1.807) is 0 Å². The van der Waals surface area contributed by atoms with Gasteiger partial charge >= 0.3 is 0 Å².